The third kappa shape index (κ3) is 2.69. The molecule has 0 aliphatic carbocycles. The molecular formula is C18H20N4O4. The topological polar surface area (TPSA) is 101 Å². The second-order valence-electron chi connectivity index (χ2n) is 5.80. The summed E-state index contributed by atoms with van der Waals surface area (Å²) in [6.07, 6.45) is 0. The van der Waals surface area contributed by atoms with Gasteiger partial charge >= 0.3 is 0 Å². The van der Waals surface area contributed by atoms with E-state index >= 15 is 0 Å². The van der Waals surface area contributed by atoms with E-state index in [4.69, 9.17) is 19.9 Å². The maximum absolute atomic E-state index is 13.1. The van der Waals surface area contributed by atoms with Crippen molar-refractivity contribution in [3.8, 4) is 17.2 Å². The van der Waals surface area contributed by atoms with E-state index in [-0.39, 0.29) is 5.82 Å². The van der Waals surface area contributed by atoms with Crippen LogP contribution in [0.3, 0.4) is 0 Å². The fourth-order valence-electron chi connectivity index (χ4n) is 2.96. The highest BCUT2D eigenvalue weighted by Crippen LogP contribution is 2.38. The molecule has 2 heterocycles. The molecule has 0 fully saturated rings. The Kier molecular flexibility index (Phi) is 4.41. The summed E-state index contributed by atoms with van der Waals surface area (Å²) < 4.78 is 17.1. The van der Waals surface area contributed by atoms with E-state index in [9.17, 15) is 4.79 Å². The summed E-state index contributed by atoms with van der Waals surface area (Å²) in [5.41, 5.74) is 8.42. The molecule has 26 heavy (non-hydrogen) atoms. The molecule has 8 nitrogen and oxygen atoms in total. The van der Waals surface area contributed by atoms with Crippen LogP contribution in [-0.2, 0) is 0 Å². The van der Waals surface area contributed by atoms with Crippen LogP contribution in [0.1, 0.15) is 21.6 Å². The minimum Gasteiger partial charge on any atom is -0.493 e. The van der Waals surface area contributed by atoms with Gasteiger partial charge in [0.1, 0.15) is 0 Å². The first kappa shape index (κ1) is 17.5. The first-order valence-electron chi connectivity index (χ1n) is 7.88. The second-order valence-corrected chi connectivity index (χ2v) is 5.80. The smallest absolute Gasteiger partial charge is 0.280 e. The van der Waals surface area contributed by atoms with Crippen molar-refractivity contribution in [2.45, 2.75) is 13.8 Å². The van der Waals surface area contributed by atoms with Crippen LogP contribution in [0.4, 0.5) is 5.82 Å². The van der Waals surface area contributed by atoms with Crippen LogP contribution in [0, 0.1) is 13.8 Å². The lowest BCUT2D eigenvalue weighted by Crippen LogP contribution is -2.15. The summed E-state index contributed by atoms with van der Waals surface area (Å²) in [6, 6.07) is 5.03. The van der Waals surface area contributed by atoms with Gasteiger partial charge in [-0.05, 0) is 37.6 Å². The summed E-state index contributed by atoms with van der Waals surface area (Å²) in [7, 11) is 4.47. The summed E-state index contributed by atoms with van der Waals surface area (Å²) >= 11 is 0. The number of nitrogen functional groups attached to an aromatic ring is 1. The molecule has 0 bridgehead atoms. The molecule has 0 aliphatic rings. The van der Waals surface area contributed by atoms with E-state index in [1.165, 1.54) is 26.0 Å². The molecule has 1 aromatic carbocycles. The molecule has 0 amide bonds. The van der Waals surface area contributed by atoms with Crippen LogP contribution in [-0.4, -0.2) is 42.0 Å². The van der Waals surface area contributed by atoms with Crippen molar-refractivity contribution in [3.63, 3.8) is 0 Å². The van der Waals surface area contributed by atoms with Gasteiger partial charge in [0.2, 0.25) is 5.75 Å². The van der Waals surface area contributed by atoms with E-state index in [1.54, 1.807) is 12.1 Å². The van der Waals surface area contributed by atoms with Crippen molar-refractivity contribution < 1.29 is 19.0 Å². The van der Waals surface area contributed by atoms with Crippen molar-refractivity contribution in [1.29, 1.82) is 0 Å². The average molecular weight is 356 g/mol. The van der Waals surface area contributed by atoms with Gasteiger partial charge in [0, 0.05) is 11.3 Å². The molecule has 0 saturated heterocycles. The molecule has 0 spiro atoms. The van der Waals surface area contributed by atoms with Crippen LogP contribution in [0.5, 0.6) is 17.2 Å². The zero-order valence-corrected chi connectivity index (χ0v) is 15.3. The lowest BCUT2D eigenvalue weighted by Gasteiger charge is -2.13. The average Bonchev–Trinajstić information content (AvgIpc) is 2.96. The highest BCUT2D eigenvalue weighted by molar-refractivity contribution is 6.03. The molecule has 2 aromatic heterocycles. The number of benzene rings is 1. The maximum atomic E-state index is 13.1. The maximum Gasteiger partial charge on any atom is 0.280 e. The third-order valence-corrected chi connectivity index (χ3v) is 4.09. The number of ether oxygens (including phenoxy) is 3. The SMILES string of the molecule is COc1cc(C(=O)n2nc(N)c3c(C)cc(C)nc32)cc(OC)c1OC. The Bertz CT molecular complexity index is 985. The predicted molar refractivity (Wildman–Crippen MR) is 97.2 cm³/mol. The quantitative estimate of drug-likeness (QED) is 0.765. The van der Waals surface area contributed by atoms with E-state index in [0.717, 1.165) is 11.3 Å². The molecule has 3 aromatic rings. The summed E-state index contributed by atoms with van der Waals surface area (Å²) in [5.74, 6) is 1.01. The highest BCUT2D eigenvalue weighted by atomic mass is 16.5. The number of fused-ring (bicyclic) bond motifs is 1. The molecule has 0 atom stereocenters. The largest absolute Gasteiger partial charge is 0.493 e. The number of pyridine rings is 1. The predicted octanol–water partition coefficient (Wildman–Crippen LogP) is 2.34. The van der Waals surface area contributed by atoms with Gasteiger partial charge in [-0.1, -0.05) is 0 Å². The van der Waals surface area contributed by atoms with Crippen molar-refractivity contribution in [1.82, 2.24) is 14.8 Å². The molecule has 0 radical (unpaired) electrons. The number of nitrogens with zero attached hydrogens (tertiary/aromatic N) is 3. The number of rotatable bonds is 4. The molecule has 3 rings (SSSR count). The van der Waals surface area contributed by atoms with Gasteiger partial charge in [0.05, 0.1) is 26.7 Å². The van der Waals surface area contributed by atoms with Crippen LogP contribution < -0.4 is 19.9 Å². The van der Waals surface area contributed by atoms with Gasteiger partial charge < -0.3 is 19.9 Å². The van der Waals surface area contributed by atoms with Crippen molar-refractivity contribution in [3.05, 3.63) is 35.0 Å². The molecule has 0 unspecified atom stereocenters. The molecule has 136 valence electrons. The number of hydrogen-bond donors (Lipinski definition) is 1. The zero-order chi connectivity index (χ0) is 19.0. The number of aromatic nitrogens is 3. The Balaban J connectivity index is 2.21. The minimum atomic E-state index is -0.400. The fourth-order valence-corrected chi connectivity index (χ4v) is 2.96. The van der Waals surface area contributed by atoms with Crippen LogP contribution in [0.2, 0.25) is 0 Å². The van der Waals surface area contributed by atoms with E-state index in [0.29, 0.717) is 33.8 Å². The summed E-state index contributed by atoms with van der Waals surface area (Å²) in [6.45, 7) is 3.76. The Labute approximate surface area is 150 Å². The van der Waals surface area contributed by atoms with E-state index < -0.39 is 5.91 Å². The number of methoxy groups -OCH3 is 3. The lowest BCUT2D eigenvalue weighted by molar-refractivity contribution is 0.0949. The van der Waals surface area contributed by atoms with Crippen LogP contribution >= 0.6 is 0 Å². The highest BCUT2D eigenvalue weighted by Gasteiger charge is 2.22. The van der Waals surface area contributed by atoms with Crippen molar-refractivity contribution >= 4 is 22.8 Å². The molecule has 0 aliphatic heterocycles. The van der Waals surface area contributed by atoms with Gasteiger partial charge in [-0.2, -0.15) is 4.68 Å². The van der Waals surface area contributed by atoms with E-state index in [2.05, 4.69) is 10.1 Å². The fraction of sp³-hybridized carbons (Fsp3) is 0.278. The number of anilines is 1. The Morgan fingerprint density at radius 2 is 1.65 bits per heavy atom. The first-order chi connectivity index (χ1) is 12.4. The van der Waals surface area contributed by atoms with Gasteiger partial charge in [-0.15, -0.1) is 5.10 Å². The zero-order valence-electron chi connectivity index (χ0n) is 15.3. The second kappa shape index (κ2) is 6.55. The number of carbonyl (C=O) groups is 1. The number of carbonyl (C=O) groups excluding carboxylic acids is 1. The number of hydrogen-bond acceptors (Lipinski definition) is 7. The van der Waals surface area contributed by atoms with Crippen molar-refractivity contribution in [2.24, 2.45) is 0 Å². The Morgan fingerprint density at radius 1 is 1.04 bits per heavy atom. The van der Waals surface area contributed by atoms with Crippen LogP contribution in [0.15, 0.2) is 18.2 Å². The first-order valence-corrected chi connectivity index (χ1v) is 7.88. The molecule has 2 N–H and O–H groups in total. The normalized spacial score (nSPS) is 10.8. The van der Waals surface area contributed by atoms with Gasteiger partial charge in [0.15, 0.2) is 23.0 Å². The van der Waals surface area contributed by atoms with E-state index in [1.807, 2.05) is 19.9 Å². The van der Waals surface area contributed by atoms with Gasteiger partial charge in [0.25, 0.3) is 5.91 Å². The third-order valence-electron chi connectivity index (χ3n) is 4.09. The standard InChI is InChI=1S/C18H20N4O4/c1-9-6-10(2)20-17-14(9)16(19)21-22(17)18(23)11-7-12(24-3)15(26-5)13(8-11)25-4/h6-8H,1-5H3,(H2,19,21). The lowest BCUT2D eigenvalue weighted by atomic mass is 10.1. The minimum absolute atomic E-state index is 0.255. The molecule has 8 heteroatoms. The van der Waals surface area contributed by atoms with Gasteiger partial charge in [-0.25, -0.2) is 4.98 Å². The van der Waals surface area contributed by atoms with Crippen molar-refractivity contribution in [2.75, 3.05) is 27.1 Å². The number of aryl methyl sites for hydroxylation is 2. The molecular weight excluding hydrogens is 336 g/mol. The Morgan fingerprint density at radius 3 is 2.19 bits per heavy atom. The molecule has 0 saturated carbocycles. The van der Waals surface area contributed by atoms with Gasteiger partial charge in [-0.3, -0.25) is 4.79 Å². The summed E-state index contributed by atoms with van der Waals surface area (Å²) in [4.78, 5) is 17.5. The van der Waals surface area contributed by atoms with Crippen LogP contribution in [0.25, 0.3) is 11.0 Å². The number of nitrogens with two attached hydrogens (primary N) is 1. The Hall–Kier alpha value is -3.29. The monoisotopic (exact) mass is 356 g/mol. The summed E-state index contributed by atoms with van der Waals surface area (Å²) in [5, 5.41) is 4.85.